The maximum absolute atomic E-state index is 12.6. The van der Waals surface area contributed by atoms with Crippen LogP contribution in [0.3, 0.4) is 0 Å². The van der Waals surface area contributed by atoms with E-state index in [9.17, 15) is 14.9 Å². The van der Waals surface area contributed by atoms with Gasteiger partial charge in [0.2, 0.25) is 0 Å². The lowest BCUT2D eigenvalue weighted by Crippen LogP contribution is -2.46. The highest BCUT2D eigenvalue weighted by Gasteiger charge is 2.28. The van der Waals surface area contributed by atoms with Crippen molar-refractivity contribution >= 4 is 12.0 Å². The third-order valence-corrected chi connectivity index (χ3v) is 5.16. The molecule has 1 N–H and O–H groups in total. The standard InChI is InChI=1S/C24H27N3O4/c1-2-22(31-24(29)27-13-12-19-10-6-7-11-20(19)15-27)23(28)26-21(14-25)17-30-16-18-8-4-3-5-9-18/h3-11,21-22H,2,12-13,15-17H2,1H3,(H,26,28)/t21-,22+/m1/s1. The number of nitriles is 1. The van der Waals surface area contributed by atoms with Crippen LogP contribution in [0.25, 0.3) is 0 Å². The van der Waals surface area contributed by atoms with Crippen molar-refractivity contribution in [1.82, 2.24) is 10.2 Å². The van der Waals surface area contributed by atoms with Crippen LogP contribution in [-0.2, 0) is 33.8 Å². The first-order valence-corrected chi connectivity index (χ1v) is 10.4. The van der Waals surface area contributed by atoms with Crippen LogP contribution < -0.4 is 5.32 Å². The zero-order chi connectivity index (χ0) is 22.1. The van der Waals surface area contributed by atoms with Crippen LogP contribution in [0.4, 0.5) is 4.79 Å². The van der Waals surface area contributed by atoms with E-state index in [-0.39, 0.29) is 6.61 Å². The summed E-state index contributed by atoms with van der Waals surface area (Å²) in [6.07, 6.45) is -0.422. The quantitative estimate of drug-likeness (QED) is 0.707. The molecule has 31 heavy (non-hydrogen) atoms. The number of benzene rings is 2. The largest absolute Gasteiger partial charge is 0.436 e. The van der Waals surface area contributed by atoms with E-state index in [1.54, 1.807) is 11.8 Å². The second-order valence-corrected chi connectivity index (χ2v) is 7.41. The number of hydrogen-bond donors (Lipinski definition) is 1. The summed E-state index contributed by atoms with van der Waals surface area (Å²) in [5, 5.41) is 12.0. The van der Waals surface area contributed by atoms with Crippen LogP contribution in [0.1, 0.15) is 30.0 Å². The Kier molecular flexibility index (Phi) is 8.02. The number of rotatable bonds is 8. The Morgan fingerprint density at radius 3 is 2.55 bits per heavy atom. The maximum atomic E-state index is 12.6. The lowest BCUT2D eigenvalue weighted by molar-refractivity contribution is -0.131. The van der Waals surface area contributed by atoms with Crippen LogP contribution in [0.15, 0.2) is 54.6 Å². The molecule has 7 nitrogen and oxygen atoms in total. The minimum atomic E-state index is -0.963. The van der Waals surface area contributed by atoms with Gasteiger partial charge in [-0.2, -0.15) is 5.26 Å². The molecular formula is C24H27N3O4. The molecule has 162 valence electrons. The highest BCUT2D eigenvalue weighted by molar-refractivity contribution is 5.84. The van der Waals surface area contributed by atoms with Crippen LogP contribution >= 0.6 is 0 Å². The number of fused-ring (bicyclic) bond motifs is 1. The number of carbonyl (C=O) groups is 2. The van der Waals surface area contributed by atoms with Gasteiger partial charge in [-0.1, -0.05) is 61.5 Å². The molecule has 2 aromatic rings. The molecule has 0 fully saturated rings. The minimum Gasteiger partial charge on any atom is -0.436 e. The molecule has 1 heterocycles. The molecule has 2 aromatic carbocycles. The van der Waals surface area contributed by atoms with E-state index in [1.165, 1.54) is 5.56 Å². The van der Waals surface area contributed by atoms with E-state index in [0.29, 0.717) is 26.1 Å². The summed E-state index contributed by atoms with van der Waals surface area (Å²) < 4.78 is 11.0. The fraction of sp³-hybridized carbons (Fsp3) is 0.375. The lowest BCUT2D eigenvalue weighted by atomic mass is 10.0. The van der Waals surface area contributed by atoms with E-state index < -0.39 is 24.1 Å². The van der Waals surface area contributed by atoms with Gasteiger partial charge in [0.05, 0.1) is 19.3 Å². The third kappa shape index (κ3) is 6.30. The molecule has 0 aromatic heterocycles. The van der Waals surface area contributed by atoms with Crippen LogP contribution in [0.5, 0.6) is 0 Å². The van der Waals surface area contributed by atoms with Crippen LogP contribution in [0, 0.1) is 11.3 Å². The summed E-state index contributed by atoms with van der Waals surface area (Å²) in [4.78, 5) is 26.8. The van der Waals surface area contributed by atoms with Gasteiger partial charge in [-0.3, -0.25) is 4.79 Å². The van der Waals surface area contributed by atoms with Crippen molar-refractivity contribution in [2.75, 3.05) is 13.2 Å². The molecule has 2 amide bonds. The first kappa shape index (κ1) is 22.3. The van der Waals surface area contributed by atoms with Crippen molar-refractivity contribution in [3.05, 3.63) is 71.3 Å². The predicted molar refractivity (Wildman–Crippen MR) is 115 cm³/mol. The van der Waals surface area contributed by atoms with Gasteiger partial charge in [0.1, 0.15) is 6.04 Å². The zero-order valence-corrected chi connectivity index (χ0v) is 17.6. The van der Waals surface area contributed by atoms with Crippen molar-refractivity contribution in [3.63, 3.8) is 0 Å². The fourth-order valence-electron chi connectivity index (χ4n) is 3.41. The van der Waals surface area contributed by atoms with Gasteiger partial charge < -0.3 is 19.7 Å². The summed E-state index contributed by atoms with van der Waals surface area (Å²) >= 11 is 0. The highest BCUT2D eigenvalue weighted by Crippen LogP contribution is 2.19. The number of ether oxygens (including phenoxy) is 2. The molecule has 1 aliphatic heterocycles. The SMILES string of the molecule is CC[C@H](OC(=O)N1CCc2ccccc2C1)C(=O)N[C@H](C#N)COCc1ccccc1. The molecular weight excluding hydrogens is 394 g/mol. The maximum Gasteiger partial charge on any atom is 0.410 e. The average molecular weight is 421 g/mol. The molecule has 0 bridgehead atoms. The number of carbonyl (C=O) groups excluding carboxylic acids is 2. The number of hydrogen-bond acceptors (Lipinski definition) is 5. The Morgan fingerprint density at radius 2 is 1.84 bits per heavy atom. The lowest BCUT2D eigenvalue weighted by Gasteiger charge is -2.29. The predicted octanol–water partition coefficient (Wildman–Crippen LogP) is 3.19. The number of amides is 2. The summed E-state index contributed by atoms with van der Waals surface area (Å²) in [5.41, 5.74) is 3.29. The van der Waals surface area contributed by atoms with E-state index in [2.05, 4.69) is 11.4 Å². The molecule has 0 aliphatic carbocycles. The zero-order valence-electron chi connectivity index (χ0n) is 17.6. The van der Waals surface area contributed by atoms with E-state index in [1.807, 2.05) is 54.6 Å². The van der Waals surface area contributed by atoms with Gasteiger partial charge in [0, 0.05) is 13.1 Å². The second kappa shape index (κ2) is 11.1. The Bertz CT molecular complexity index is 926. The van der Waals surface area contributed by atoms with Crippen LogP contribution in [-0.4, -0.2) is 42.2 Å². The Balaban J connectivity index is 1.48. The van der Waals surface area contributed by atoms with E-state index >= 15 is 0 Å². The second-order valence-electron chi connectivity index (χ2n) is 7.41. The normalized spacial score (nSPS) is 14.6. The third-order valence-electron chi connectivity index (χ3n) is 5.16. The van der Waals surface area contributed by atoms with Gasteiger partial charge in [-0.05, 0) is 29.5 Å². The summed E-state index contributed by atoms with van der Waals surface area (Å²) in [7, 11) is 0. The molecule has 0 spiro atoms. The molecule has 0 saturated carbocycles. The molecule has 0 radical (unpaired) electrons. The fourth-order valence-corrected chi connectivity index (χ4v) is 3.41. The van der Waals surface area contributed by atoms with Gasteiger partial charge in [-0.15, -0.1) is 0 Å². The highest BCUT2D eigenvalue weighted by atomic mass is 16.6. The summed E-state index contributed by atoms with van der Waals surface area (Å²) in [5.74, 6) is -0.497. The van der Waals surface area contributed by atoms with Gasteiger partial charge in [0.25, 0.3) is 5.91 Å². The van der Waals surface area contributed by atoms with Crippen molar-refractivity contribution < 1.29 is 19.1 Å². The van der Waals surface area contributed by atoms with Crippen molar-refractivity contribution in [2.24, 2.45) is 0 Å². The Hall–Kier alpha value is -3.37. The summed E-state index contributed by atoms with van der Waals surface area (Å²) in [6.45, 7) is 3.15. The monoisotopic (exact) mass is 421 g/mol. The molecule has 1 aliphatic rings. The van der Waals surface area contributed by atoms with E-state index in [0.717, 1.165) is 17.5 Å². The van der Waals surface area contributed by atoms with Crippen LogP contribution in [0.2, 0.25) is 0 Å². The minimum absolute atomic E-state index is 0.0461. The smallest absolute Gasteiger partial charge is 0.410 e. The van der Waals surface area contributed by atoms with Gasteiger partial charge in [0.15, 0.2) is 6.10 Å². The molecule has 0 unspecified atom stereocenters. The molecule has 2 atom stereocenters. The number of nitrogens with zero attached hydrogens (tertiary/aromatic N) is 2. The van der Waals surface area contributed by atoms with E-state index in [4.69, 9.17) is 9.47 Å². The van der Waals surface area contributed by atoms with Gasteiger partial charge in [-0.25, -0.2) is 4.79 Å². The summed E-state index contributed by atoms with van der Waals surface area (Å²) in [6, 6.07) is 18.7. The Morgan fingerprint density at radius 1 is 1.13 bits per heavy atom. The van der Waals surface area contributed by atoms with Crippen molar-refractivity contribution in [1.29, 1.82) is 5.26 Å². The first-order valence-electron chi connectivity index (χ1n) is 10.4. The van der Waals surface area contributed by atoms with Gasteiger partial charge >= 0.3 is 6.09 Å². The van der Waals surface area contributed by atoms with Crippen molar-refractivity contribution in [3.8, 4) is 6.07 Å². The number of nitrogens with one attached hydrogen (secondary N) is 1. The first-order chi connectivity index (χ1) is 15.1. The molecule has 3 rings (SSSR count). The molecule has 7 heteroatoms. The topological polar surface area (TPSA) is 91.7 Å². The average Bonchev–Trinajstić information content (AvgIpc) is 2.81. The Labute approximate surface area is 182 Å². The van der Waals surface area contributed by atoms with Crippen molar-refractivity contribution in [2.45, 2.75) is 45.1 Å². The molecule has 0 saturated heterocycles.